The largest absolute Gasteiger partial charge is 0.534 e. The minimum Gasteiger partial charge on any atom is -0.444 e. The van der Waals surface area contributed by atoms with E-state index >= 15 is 0 Å². The van der Waals surface area contributed by atoms with Crippen LogP contribution in [0.5, 0.6) is 5.75 Å². The molecule has 2 N–H and O–H groups in total. The van der Waals surface area contributed by atoms with E-state index in [2.05, 4.69) is 9.50 Å². The van der Waals surface area contributed by atoms with Crippen molar-refractivity contribution in [2.45, 2.75) is 50.8 Å². The minimum absolute atomic E-state index is 0.0218. The highest BCUT2D eigenvalue weighted by atomic mass is 32.2. The van der Waals surface area contributed by atoms with Crippen molar-refractivity contribution < 1.29 is 40.4 Å². The summed E-state index contributed by atoms with van der Waals surface area (Å²) in [5, 5.41) is 12.1. The molecule has 0 aliphatic heterocycles. The number of alkyl carbamates (subject to hydrolysis) is 1. The van der Waals surface area contributed by atoms with Gasteiger partial charge < -0.3 is 19.3 Å². The number of aliphatic hydroxyl groups excluding tert-OH is 1. The number of hydrogen-bond acceptors (Lipinski definition) is 6. The van der Waals surface area contributed by atoms with Gasteiger partial charge in [-0.15, -0.1) is 0 Å². The van der Waals surface area contributed by atoms with Crippen LogP contribution >= 0.6 is 0 Å². The number of carbonyl (C=O) groups is 1. The summed E-state index contributed by atoms with van der Waals surface area (Å²) in [7, 11) is -5.80. The van der Waals surface area contributed by atoms with Crippen LogP contribution in [0.1, 0.15) is 33.3 Å². The quantitative estimate of drug-likeness (QED) is 0.549. The van der Waals surface area contributed by atoms with E-state index in [4.69, 9.17) is 4.74 Å². The molecular formula is C16H22F3NO6S. The van der Waals surface area contributed by atoms with Gasteiger partial charge in [-0.25, -0.2) is 4.79 Å². The van der Waals surface area contributed by atoms with Crippen LogP contribution in [0.25, 0.3) is 0 Å². The van der Waals surface area contributed by atoms with Crippen molar-refractivity contribution in [3.63, 3.8) is 0 Å². The third-order valence-corrected chi connectivity index (χ3v) is 4.11. The first-order chi connectivity index (χ1) is 12.1. The average molecular weight is 413 g/mol. The summed E-state index contributed by atoms with van der Waals surface area (Å²) in [4.78, 5) is 11.9. The van der Waals surface area contributed by atoms with Gasteiger partial charge in [0.05, 0.1) is 12.1 Å². The molecule has 0 heterocycles. The fourth-order valence-electron chi connectivity index (χ4n) is 2.02. The Kier molecular flexibility index (Phi) is 6.76. The second kappa shape index (κ2) is 7.93. The SMILES string of the molecule is CC(CO)(Cc1cccc(OS(=O)(=O)C(F)(F)F)c1)NC(=O)OC(C)(C)C. The van der Waals surface area contributed by atoms with Gasteiger partial charge >= 0.3 is 21.7 Å². The molecule has 1 aromatic carbocycles. The zero-order chi connectivity index (χ0) is 21.1. The topological polar surface area (TPSA) is 102 Å². The normalized spacial score (nSPS) is 15.0. The molecule has 0 aromatic heterocycles. The van der Waals surface area contributed by atoms with Crippen LogP contribution in [-0.2, 0) is 21.3 Å². The fourth-order valence-corrected chi connectivity index (χ4v) is 2.47. The van der Waals surface area contributed by atoms with E-state index in [0.717, 1.165) is 12.1 Å². The molecule has 7 nitrogen and oxygen atoms in total. The summed E-state index contributed by atoms with van der Waals surface area (Å²) in [6, 6.07) is 4.90. The van der Waals surface area contributed by atoms with Crippen molar-refractivity contribution in [2.24, 2.45) is 0 Å². The molecule has 1 atom stereocenters. The van der Waals surface area contributed by atoms with Gasteiger partial charge in [-0.3, -0.25) is 0 Å². The van der Waals surface area contributed by atoms with E-state index in [1.54, 1.807) is 20.8 Å². The van der Waals surface area contributed by atoms with Crippen LogP contribution in [0.15, 0.2) is 24.3 Å². The van der Waals surface area contributed by atoms with Crippen LogP contribution in [0.2, 0.25) is 0 Å². The standard InChI is InChI=1S/C16H22F3NO6S/c1-14(2,3)25-13(22)20-15(4,10-21)9-11-6-5-7-12(8-11)26-27(23,24)16(17,18)19/h5-8,21H,9-10H2,1-4H3,(H,20,22). The second-order valence-electron chi connectivity index (χ2n) is 7.15. The lowest BCUT2D eigenvalue weighted by atomic mass is 9.93. The van der Waals surface area contributed by atoms with E-state index in [9.17, 15) is 31.5 Å². The van der Waals surface area contributed by atoms with E-state index in [0.29, 0.717) is 5.56 Å². The highest BCUT2D eigenvalue weighted by molar-refractivity contribution is 7.88. The van der Waals surface area contributed by atoms with Crippen molar-refractivity contribution in [3.8, 4) is 5.75 Å². The van der Waals surface area contributed by atoms with E-state index in [1.165, 1.54) is 19.1 Å². The molecule has 11 heteroatoms. The number of hydrogen-bond donors (Lipinski definition) is 2. The highest BCUT2D eigenvalue weighted by Crippen LogP contribution is 2.28. The summed E-state index contributed by atoms with van der Waals surface area (Å²) in [6.07, 6.45) is -0.808. The summed E-state index contributed by atoms with van der Waals surface area (Å²) < 4.78 is 68.6. The summed E-state index contributed by atoms with van der Waals surface area (Å²) >= 11 is 0. The number of nitrogens with one attached hydrogen (secondary N) is 1. The Labute approximate surface area is 155 Å². The van der Waals surface area contributed by atoms with Gasteiger partial charge in [0.2, 0.25) is 0 Å². The second-order valence-corrected chi connectivity index (χ2v) is 8.69. The fraction of sp³-hybridized carbons (Fsp3) is 0.562. The Morgan fingerprint density at radius 2 is 1.78 bits per heavy atom. The number of amides is 1. The first-order valence-corrected chi connectivity index (χ1v) is 9.19. The number of rotatable bonds is 6. The predicted molar refractivity (Wildman–Crippen MR) is 90.6 cm³/mol. The summed E-state index contributed by atoms with van der Waals surface area (Å²) in [6.45, 7) is 5.97. The maximum absolute atomic E-state index is 12.4. The van der Waals surface area contributed by atoms with Crippen LogP contribution < -0.4 is 9.50 Å². The number of ether oxygens (including phenoxy) is 1. The monoisotopic (exact) mass is 413 g/mol. The molecule has 0 bridgehead atoms. The van der Waals surface area contributed by atoms with Crippen LogP contribution in [-0.4, -0.2) is 42.9 Å². The molecule has 0 spiro atoms. The van der Waals surface area contributed by atoms with Crippen LogP contribution in [0, 0.1) is 0 Å². The smallest absolute Gasteiger partial charge is 0.444 e. The summed E-state index contributed by atoms with van der Waals surface area (Å²) in [5.41, 5.74) is -7.19. The van der Waals surface area contributed by atoms with Crippen LogP contribution in [0.3, 0.4) is 0 Å². The Balaban J connectivity index is 2.95. The molecule has 0 saturated carbocycles. The number of alkyl halides is 3. The molecule has 0 saturated heterocycles. The molecule has 1 rings (SSSR count). The third kappa shape index (κ3) is 7.25. The number of carbonyl (C=O) groups excluding carboxylic acids is 1. The lowest BCUT2D eigenvalue weighted by molar-refractivity contribution is -0.0500. The van der Waals surface area contributed by atoms with Gasteiger partial charge in [-0.2, -0.15) is 21.6 Å². The zero-order valence-electron chi connectivity index (χ0n) is 15.3. The van der Waals surface area contributed by atoms with Crippen molar-refractivity contribution >= 4 is 16.2 Å². The Morgan fingerprint density at radius 3 is 2.26 bits per heavy atom. The number of halogens is 3. The lowest BCUT2D eigenvalue weighted by Gasteiger charge is -2.30. The molecule has 1 unspecified atom stereocenters. The van der Waals surface area contributed by atoms with E-state index < -0.39 is 45.2 Å². The Hall–Kier alpha value is -2.01. The van der Waals surface area contributed by atoms with Gasteiger partial charge in [-0.1, -0.05) is 12.1 Å². The van der Waals surface area contributed by atoms with Crippen molar-refractivity contribution in [3.05, 3.63) is 29.8 Å². The third-order valence-electron chi connectivity index (χ3n) is 3.13. The van der Waals surface area contributed by atoms with E-state index in [-0.39, 0.29) is 6.42 Å². The molecular weight excluding hydrogens is 391 g/mol. The Bertz CT molecular complexity index is 773. The molecule has 1 aromatic rings. The first-order valence-electron chi connectivity index (χ1n) is 7.79. The molecule has 154 valence electrons. The van der Waals surface area contributed by atoms with Gasteiger partial charge in [0.15, 0.2) is 0 Å². The number of benzene rings is 1. The molecule has 0 radical (unpaired) electrons. The summed E-state index contributed by atoms with van der Waals surface area (Å²) in [5.74, 6) is -0.539. The van der Waals surface area contributed by atoms with E-state index in [1.807, 2.05) is 0 Å². The van der Waals surface area contributed by atoms with Gasteiger partial charge in [0, 0.05) is 0 Å². The maximum atomic E-state index is 12.4. The molecule has 0 fully saturated rings. The molecule has 0 aliphatic rings. The Morgan fingerprint density at radius 1 is 1.19 bits per heavy atom. The first kappa shape index (κ1) is 23.0. The van der Waals surface area contributed by atoms with Crippen LogP contribution in [0.4, 0.5) is 18.0 Å². The number of aliphatic hydroxyl groups is 1. The van der Waals surface area contributed by atoms with Gasteiger partial charge in [0.1, 0.15) is 11.4 Å². The van der Waals surface area contributed by atoms with Crippen molar-refractivity contribution in [1.82, 2.24) is 5.32 Å². The highest BCUT2D eigenvalue weighted by Gasteiger charge is 2.48. The van der Waals surface area contributed by atoms with Crippen molar-refractivity contribution in [2.75, 3.05) is 6.61 Å². The molecule has 0 aliphatic carbocycles. The average Bonchev–Trinajstić information content (AvgIpc) is 2.43. The lowest BCUT2D eigenvalue weighted by Crippen LogP contribution is -2.52. The molecule has 27 heavy (non-hydrogen) atoms. The minimum atomic E-state index is -5.80. The van der Waals surface area contributed by atoms with Gasteiger partial charge in [-0.05, 0) is 51.8 Å². The zero-order valence-corrected chi connectivity index (χ0v) is 16.1. The van der Waals surface area contributed by atoms with Gasteiger partial charge in [0.25, 0.3) is 0 Å². The molecule has 1 amide bonds. The van der Waals surface area contributed by atoms with Crippen molar-refractivity contribution in [1.29, 1.82) is 0 Å². The maximum Gasteiger partial charge on any atom is 0.534 e. The predicted octanol–water partition coefficient (Wildman–Crippen LogP) is 2.73.